The Morgan fingerprint density at radius 1 is 0.935 bits per heavy atom. The van der Waals surface area contributed by atoms with Crippen molar-refractivity contribution in [3.63, 3.8) is 0 Å². The minimum absolute atomic E-state index is 0.0391. The molecule has 0 aliphatic heterocycles. The Balaban J connectivity index is 1.71. The van der Waals surface area contributed by atoms with Crippen LogP contribution in [0.15, 0.2) is 54.6 Å². The number of benzene rings is 2. The molecule has 3 rings (SSSR count). The molecular formula is C21H14Cl2F3N3O2. The summed E-state index contributed by atoms with van der Waals surface area (Å²) in [5.74, 6) is -0.644. The first kappa shape index (κ1) is 22.6. The van der Waals surface area contributed by atoms with Crippen molar-refractivity contribution in [3.05, 3.63) is 81.5 Å². The van der Waals surface area contributed by atoms with E-state index in [0.29, 0.717) is 16.8 Å². The van der Waals surface area contributed by atoms with Crippen LogP contribution in [0, 0.1) is 6.92 Å². The summed E-state index contributed by atoms with van der Waals surface area (Å²) < 4.78 is 38.2. The van der Waals surface area contributed by atoms with E-state index in [1.807, 2.05) is 0 Å². The normalized spacial score (nSPS) is 11.2. The number of imide groups is 1. The highest BCUT2D eigenvalue weighted by Crippen LogP contribution is 2.31. The molecular weight excluding hydrogens is 454 g/mol. The maximum atomic E-state index is 12.7. The Labute approximate surface area is 185 Å². The molecule has 1 heterocycles. The van der Waals surface area contributed by atoms with E-state index in [4.69, 9.17) is 23.2 Å². The number of carbonyl (C=O) groups is 2. The summed E-state index contributed by atoms with van der Waals surface area (Å²) in [6, 6.07) is 11.4. The van der Waals surface area contributed by atoms with Gasteiger partial charge in [0.05, 0.1) is 21.2 Å². The number of hydrogen-bond acceptors (Lipinski definition) is 3. The van der Waals surface area contributed by atoms with Crippen LogP contribution in [0.4, 0.5) is 23.8 Å². The molecule has 0 radical (unpaired) electrons. The van der Waals surface area contributed by atoms with Gasteiger partial charge in [-0.25, -0.2) is 9.78 Å². The van der Waals surface area contributed by atoms with Gasteiger partial charge in [0.2, 0.25) is 0 Å². The number of nitrogens with one attached hydrogen (secondary N) is 2. The van der Waals surface area contributed by atoms with Crippen LogP contribution in [0.5, 0.6) is 0 Å². The number of hydrogen-bond donors (Lipinski definition) is 2. The highest BCUT2D eigenvalue weighted by molar-refractivity contribution is 6.40. The average Bonchev–Trinajstić information content (AvgIpc) is 2.67. The molecule has 0 atom stereocenters. The third-order valence-corrected chi connectivity index (χ3v) is 4.90. The minimum Gasteiger partial charge on any atom is -0.292 e. The lowest BCUT2D eigenvalue weighted by Gasteiger charge is -2.11. The van der Waals surface area contributed by atoms with Crippen LogP contribution in [0.1, 0.15) is 21.6 Å². The SMILES string of the molecule is Cc1nc(NC(=O)NC(=O)c2c(Cl)cccc2Cl)ccc1-c1ccc(C(F)(F)F)cc1. The first-order chi connectivity index (χ1) is 14.6. The lowest BCUT2D eigenvalue weighted by molar-refractivity contribution is -0.137. The lowest BCUT2D eigenvalue weighted by atomic mass is 10.0. The molecule has 3 aromatic rings. The van der Waals surface area contributed by atoms with Gasteiger partial charge in [-0.15, -0.1) is 0 Å². The van der Waals surface area contributed by atoms with E-state index in [9.17, 15) is 22.8 Å². The summed E-state index contributed by atoms with van der Waals surface area (Å²) in [6.45, 7) is 1.64. The molecule has 0 fully saturated rings. The molecule has 31 heavy (non-hydrogen) atoms. The van der Waals surface area contributed by atoms with Gasteiger partial charge in [0.15, 0.2) is 0 Å². The average molecular weight is 468 g/mol. The van der Waals surface area contributed by atoms with Gasteiger partial charge in [-0.05, 0) is 48.9 Å². The van der Waals surface area contributed by atoms with Gasteiger partial charge in [0, 0.05) is 11.3 Å². The molecule has 3 amide bonds. The molecule has 0 aliphatic rings. The summed E-state index contributed by atoms with van der Waals surface area (Å²) in [5.41, 5.74) is 0.817. The van der Waals surface area contributed by atoms with Crippen LogP contribution >= 0.6 is 23.2 Å². The molecule has 1 aromatic heterocycles. The third kappa shape index (κ3) is 5.34. The molecule has 10 heteroatoms. The van der Waals surface area contributed by atoms with Crippen molar-refractivity contribution < 1.29 is 22.8 Å². The van der Waals surface area contributed by atoms with Crippen LogP contribution < -0.4 is 10.6 Å². The van der Waals surface area contributed by atoms with E-state index in [-0.39, 0.29) is 21.4 Å². The highest BCUT2D eigenvalue weighted by atomic mass is 35.5. The molecule has 0 spiro atoms. The van der Waals surface area contributed by atoms with E-state index in [2.05, 4.69) is 15.6 Å². The lowest BCUT2D eigenvalue weighted by Crippen LogP contribution is -2.35. The van der Waals surface area contributed by atoms with Gasteiger partial charge >= 0.3 is 12.2 Å². The summed E-state index contributed by atoms with van der Waals surface area (Å²) in [6.07, 6.45) is -4.42. The number of pyridine rings is 1. The van der Waals surface area contributed by atoms with Crippen molar-refractivity contribution in [3.8, 4) is 11.1 Å². The number of alkyl halides is 3. The van der Waals surface area contributed by atoms with Crippen LogP contribution in [-0.2, 0) is 6.18 Å². The highest BCUT2D eigenvalue weighted by Gasteiger charge is 2.30. The van der Waals surface area contributed by atoms with Crippen LogP contribution in [-0.4, -0.2) is 16.9 Å². The fraction of sp³-hybridized carbons (Fsp3) is 0.0952. The quantitative estimate of drug-likeness (QED) is 0.471. The Bertz CT molecular complexity index is 1130. The second-order valence-corrected chi connectivity index (χ2v) is 7.22. The number of anilines is 1. The fourth-order valence-corrected chi connectivity index (χ4v) is 3.37. The van der Waals surface area contributed by atoms with Crippen molar-refractivity contribution >= 4 is 41.0 Å². The first-order valence-corrected chi connectivity index (χ1v) is 9.53. The number of aryl methyl sites for hydroxylation is 1. The van der Waals surface area contributed by atoms with Crippen LogP contribution in [0.3, 0.4) is 0 Å². The minimum atomic E-state index is -4.42. The predicted octanol–water partition coefficient (Wildman–Crippen LogP) is 6.34. The number of carbonyl (C=O) groups excluding carboxylic acids is 2. The molecule has 2 N–H and O–H groups in total. The number of amides is 3. The van der Waals surface area contributed by atoms with E-state index in [1.165, 1.54) is 30.3 Å². The fourth-order valence-electron chi connectivity index (χ4n) is 2.80. The van der Waals surface area contributed by atoms with Gasteiger partial charge in [-0.2, -0.15) is 13.2 Å². The molecule has 5 nitrogen and oxygen atoms in total. The Kier molecular flexibility index (Phi) is 6.52. The molecule has 0 bridgehead atoms. The van der Waals surface area contributed by atoms with E-state index < -0.39 is 23.7 Å². The van der Waals surface area contributed by atoms with Gasteiger partial charge in [0.25, 0.3) is 5.91 Å². The van der Waals surface area contributed by atoms with Gasteiger partial charge in [-0.1, -0.05) is 41.4 Å². The topological polar surface area (TPSA) is 71.1 Å². The van der Waals surface area contributed by atoms with Crippen molar-refractivity contribution in [2.75, 3.05) is 5.32 Å². The summed E-state index contributed by atoms with van der Waals surface area (Å²) in [7, 11) is 0. The maximum absolute atomic E-state index is 12.7. The summed E-state index contributed by atoms with van der Waals surface area (Å²) in [4.78, 5) is 28.6. The van der Waals surface area contributed by atoms with Crippen molar-refractivity contribution in [1.29, 1.82) is 0 Å². The van der Waals surface area contributed by atoms with Crippen molar-refractivity contribution in [1.82, 2.24) is 10.3 Å². The summed E-state index contributed by atoms with van der Waals surface area (Å²) >= 11 is 11.9. The third-order valence-electron chi connectivity index (χ3n) is 4.27. The van der Waals surface area contributed by atoms with Gasteiger partial charge in [0.1, 0.15) is 5.82 Å². The van der Waals surface area contributed by atoms with Crippen molar-refractivity contribution in [2.24, 2.45) is 0 Å². The molecule has 0 saturated carbocycles. The summed E-state index contributed by atoms with van der Waals surface area (Å²) in [5, 5.41) is 4.70. The Hall–Kier alpha value is -3.10. The van der Waals surface area contributed by atoms with Gasteiger partial charge < -0.3 is 0 Å². The van der Waals surface area contributed by atoms with Crippen LogP contribution in [0.2, 0.25) is 10.0 Å². The zero-order chi connectivity index (χ0) is 22.8. The standard InChI is InChI=1S/C21H14Cl2F3N3O2/c1-11-14(12-5-7-13(8-6-12)21(24,25)26)9-10-17(27-11)28-20(31)29-19(30)18-15(22)3-2-4-16(18)23/h2-10H,1H3,(H2,27,28,29,30,31). The molecule has 0 saturated heterocycles. The van der Waals surface area contributed by atoms with E-state index in [0.717, 1.165) is 12.1 Å². The maximum Gasteiger partial charge on any atom is 0.416 e. The second kappa shape index (κ2) is 8.95. The monoisotopic (exact) mass is 467 g/mol. The Morgan fingerprint density at radius 3 is 2.10 bits per heavy atom. The second-order valence-electron chi connectivity index (χ2n) is 6.41. The molecule has 2 aromatic carbocycles. The van der Waals surface area contributed by atoms with Gasteiger partial charge in [-0.3, -0.25) is 15.4 Å². The molecule has 160 valence electrons. The largest absolute Gasteiger partial charge is 0.416 e. The van der Waals surface area contributed by atoms with Crippen LogP contribution in [0.25, 0.3) is 11.1 Å². The predicted molar refractivity (Wildman–Crippen MR) is 112 cm³/mol. The number of nitrogens with zero attached hydrogens (tertiary/aromatic N) is 1. The molecule has 0 unspecified atom stereocenters. The zero-order valence-electron chi connectivity index (χ0n) is 15.8. The zero-order valence-corrected chi connectivity index (χ0v) is 17.4. The first-order valence-electron chi connectivity index (χ1n) is 8.78. The molecule has 0 aliphatic carbocycles. The van der Waals surface area contributed by atoms with Crippen molar-refractivity contribution in [2.45, 2.75) is 13.1 Å². The smallest absolute Gasteiger partial charge is 0.292 e. The number of urea groups is 1. The van der Waals surface area contributed by atoms with E-state index >= 15 is 0 Å². The number of halogens is 5. The number of aromatic nitrogens is 1. The van der Waals surface area contributed by atoms with E-state index in [1.54, 1.807) is 19.1 Å². The Morgan fingerprint density at radius 2 is 1.55 bits per heavy atom. The number of rotatable bonds is 3.